The van der Waals surface area contributed by atoms with E-state index in [2.05, 4.69) is 21.3 Å². The van der Waals surface area contributed by atoms with Gasteiger partial charge in [-0.25, -0.2) is 9.87 Å². The fourth-order valence-corrected chi connectivity index (χ4v) is 6.80. The highest BCUT2D eigenvalue weighted by molar-refractivity contribution is 8.01. The number of carbonyl (C=O) groups excluding carboxylic acids is 1. The number of pyridine rings is 1. The first-order valence-electron chi connectivity index (χ1n) is 12.0. The van der Waals surface area contributed by atoms with Crippen LogP contribution in [0.25, 0.3) is 10.9 Å². The molecule has 0 bridgehead atoms. The van der Waals surface area contributed by atoms with E-state index in [9.17, 15) is 15.1 Å². The predicted molar refractivity (Wildman–Crippen MR) is 140 cm³/mol. The van der Waals surface area contributed by atoms with Gasteiger partial charge in [0.15, 0.2) is 0 Å². The minimum absolute atomic E-state index is 0.0883. The van der Waals surface area contributed by atoms with Gasteiger partial charge in [0.2, 0.25) is 5.91 Å². The number of fused-ring (bicyclic) bond motifs is 1. The summed E-state index contributed by atoms with van der Waals surface area (Å²) in [5.41, 5.74) is 2.41. The molecule has 0 spiro atoms. The van der Waals surface area contributed by atoms with Gasteiger partial charge in [0.1, 0.15) is 11.9 Å². The number of rotatable bonds is 11. The van der Waals surface area contributed by atoms with Crippen LogP contribution in [0.5, 0.6) is 5.75 Å². The second-order valence-corrected chi connectivity index (χ2v) is 11.4. The summed E-state index contributed by atoms with van der Waals surface area (Å²) in [5, 5.41) is 22.0. The summed E-state index contributed by atoms with van der Waals surface area (Å²) in [6.07, 6.45) is 1.57. The van der Waals surface area contributed by atoms with Crippen LogP contribution < -0.4 is 10.2 Å². The lowest BCUT2D eigenvalue weighted by Crippen LogP contribution is -2.48. The van der Waals surface area contributed by atoms with Crippen molar-refractivity contribution in [1.29, 1.82) is 0 Å². The third-order valence-corrected chi connectivity index (χ3v) is 9.21. The highest BCUT2D eigenvalue weighted by Gasteiger charge is 2.41. The topological polar surface area (TPSA) is 94.9 Å². The fourth-order valence-electron chi connectivity index (χ4n) is 4.94. The number of thiophene rings is 1. The Morgan fingerprint density at radius 2 is 2.17 bits per heavy atom. The van der Waals surface area contributed by atoms with Gasteiger partial charge in [-0.2, -0.15) is 0 Å². The average Bonchev–Trinajstić information content (AvgIpc) is 3.44. The van der Waals surface area contributed by atoms with Crippen LogP contribution in [0, 0.1) is 5.41 Å². The standard InChI is InChI=1S/C26H32FN3O4S2/c1-34-19-4-5-22-20(15-19)24(18(17-31)16-28-22)21(27)6-7-26(25(32)29-33)8-10-30(11-9-26)12-14-36-23-3-2-13-35-23/h2-5,13,15-16,21,31,33H,6-12,14,17H2,1H3,(H,29,32)/t21-/m1/s1. The number of alkyl halides is 1. The minimum Gasteiger partial charge on any atom is -0.497 e. The Balaban J connectivity index is 1.44. The van der Waals surface area contributed by atoms with Crippen molar-refractivity contribution in [3.05, 3.63) is 53.0 Å². The fraction of sp³-hybridized carbons (Fsp3) is 0.462. The van der Waals surface area contributed by atoms with Crippen LogP contribution in [0.1, 0.15) is 43.0 Å². The summed E-state index contributed by atoms with van der Waals surface area (Å²) in [6.45, 7) is 2.01. The SMILES string of the molecule is COc1ccc2ncc(CO)c([C@H](F)CCC3(C(=O)NO)CCN(CCSc4cccs4)CC3)c2c1. The molecular weight excluding hydrogens is 501 g/mol. The molecule has 0 aliphatic carbocycles. The smallest absolute Gasteiger partial charge is 0.249 e. The highest BCUT2D eigenvalue weighted by atomic mass is 32.2. The van der Waals surface area contributed by atoms with Crippen LogP contribution in [0.3, 0.4) is 0 Å². The number of likely N-dealkylation sites (tertiary alicyclic amines) is 1. The van der Waals surface area contributed by atoms with E-state index in [-0.39, 0.29) is 19.4 Å². The van der Waals surface area contributed by atoms with Gasteiger partial charge >= 0.3 is 0 Å². The molecule has 0 radical (unpaired) electrons. The van der Waals surface area contributed by atoms with Crippen molar-refractivity contribution in [2.24, 2.45) is 5.41 Å². The van der Waals surface area contributed by atoms with Crippen molar-refractivity contribution in [3.8, 4) is 5.75 Å². The van der Waals surface area contributed by atoms with Crippen molar-refractivity contribution in [2.75, 3.05) is 32.5 Å². The van der Waals surface area contributed by atoms with Crippen molar-refractivity contribution in [2.45, 2.75) is 42.7 Å². The lowest BCUT2D eigenvalue weighted by atomic mass is 9.73. The lowest BCUT2D eigenvalue weighted by molar-refractivity contribution is -0.143. The summed E-state index contributed by atoms with van der Waals surface area (Å²) < 4.78 is 22.4. The van der Waals surface area contributed by atoms with Crippen LogP contribution in [0.15, 0.2) is 46.1 Å². The lowest BCUT2D eigenvalue weighted by Gasteiger charge is -2.40. The quantitative estimate of drug-likeness (QED) is 0.182. The number of hydroxylamine groups is 1. The van der Waals surface area contributed by atoms with Crippen molar-refractivity contribution < 1.29 is 24.2 Å². The molecule has 1 fully saturated rings. The number of hydrogen-bond donors (Lipinski definition) is 3. The molecule has 3 N–H and O–H groups in total. The molecule has 10 heteroatoms. The van der Waals surface area contributed by atoms with Gasteiger partial charge in [0.05, 0.1) is 28.9 Å². The van der Waals surface area contributed by atoms with E-state index in [1.807, 2.05) is 23.3 Å². The van der Waals surface area contributed by atoms with Crippen LogP contribution in [-0.2, 0) is 11.4 Å². The van der Waals surface area contributed by atoms with Crippen molar-refractivity contribution in [3.63, 3.8) is 0 Å². The van der Waals surface area contributed by atoms with Gasteiger partial charge < -0.3 is 14.7 Å². The molecule has 1 aliphatic rings. The molecule has 3 heterocycles. The zero-order valence-electron chi connectivity index (χ0n) is 20.3. The highest BCUT2D eigenvalue weighted by Crippen LogP contribution is 2.41. The average molecular weight is 534 g/mol. The zero-order valence-corrected chi connectivity index (χ0v) is 21.9. The molecule has 2 aromatic heterocycles. The Labute approximate surface area is 218 Å². The maximum absolute atomic E-state index is 15.8. The van der Waals surface area contributed by atoms with Crippen molar-refractivity contribution >= 4 is 39.9 Å². The summed E-state index contributed by atoms with van der Waals surface area (Å²) in [6, 6.07) is 9.41. The first-order valence-corrected chi connectivity index (χ1v) is 13.9. The van der Waals surface area contributed by atoms with Crippen LogP contribution in [-0.4, -0.2) is 58.6 Å². The predicted octanol–water partition coefficient (Wildman–Crippen LogP) is 4.97. The summed E-state index contributed by atoms with van der Waals surface area (Å²) in [4.78, 5) is 19.4. The second-order valence-electron chi connectivity index (χ2n) is 9.09. The number of ether oxygens (including phenoxy) is 1. The number of piperidine rings is 1. The zero-order chi connectivity index (χ0) is 25.5. The molecular formula is C26H32FN3O4S2. The maximum atomic E-state index is 15.8. The van der Waals surface area contributed by atoms with Gasteiger partial charge in [-0.1, -0.05) is 6.07 Å². The van der Waals surface area contributed by atoms with E-state index in [1.165, 1.54) is 10.4 Å². The summed E-state index contributed by atoms with van der Waals surface area (Å²) >= 11 is 3.55. The van der Waals surface area contributed by atoms with E-state index >= 15 is 4.39 Å². The number of carbonyl (C=O) groups is 1. The maximum Gasteiger partial charge on any atom is 0.249 e. The summed E-state index contributed by atoms with van der Waals surface area (Å²) in [5.74, 6) is 1.09. The largest absolute Gasteiger partial charge is 0.497 e. The molecule has 3 aromatic rings. The van der Waals surface area contributed by atoms with Crippen LogP contribution in [0.2, 0.25) is 0 Å². The third kappa shape index (κ3) is 6.00. The monoisotopic (exact) mass is 533 g/mol. The van der Waals surface area contributed by atoms with Crippen LogP contribution >= 0.6 is 23.1 Å². The molecule has 36 heavy (non-hydrogen) atoms. The third-order valence-electron chi connectivity index (χ3n) is 7.10. The van der Waals surface area contributed by atoms with Crippen LogP contribution in [0.4, 0.5) is 4.39 Å². The molecule has 1 saturated heterocycles. The number of halogens is 1. The second kappa shape index (κ2) is 12.3. The van der Waals surface area contributed by atoms with E-state index in [0.29, 0.717) is 53.7 Å². The number of hydrogen-bond acceptors (Lipinski definition) is 8. The van der Waals surface area contributed by atoms with Gasteiger partial charge in [-0.3, -0.25) is 15.0 Å². The minimum atomic E-state index is -1.41. The Kier molecular flexibility index (Phi) is 9.19. The van der Waals surface area contributed by atoms with Gasteiger partial charge in [0.25, 0.3) is 0 Å². The number of aliphatic hydroxyl groups is 1. The van der Waals surface area contributed by atoms with E-state index in [1.54, 1.807) is 36.6 Å². The molecule has 0 unspecified atom stereocenters. The number of aromatic nitrogens is 1. The Hall–Kier alpha value is -2.24. The number of nitrogens with one attached hydrogen (secondary N) is 1. The molecule has 1 atom stereocenters. The molecule has 7 nitrogen and oxygen atoms in total. The number of methoxy groups -OCH3 is 1. The number of amides is 1. The molecule has 4 rings (SSSR count). The first-order chi connectivity index (χ1) is 17.5. The molecule has 1 aliphatic heterocycles. The molecule has 1 amide bonds. The molecule has 194 valence electrons. The molecule has 1 aromatic carbocycles. The molecule has 0 saturated carbocycles. The van der Waals surface area contributed by atoms with Crippen molar-refractivity contribution in [1.82, 2.24) is 15.4 Å². The number of nitrogens with zero attached hydrogens (tertiary/aromatic N) is 2. The van der Waals surface area contributed by atoms with Gasteiger partial charge in [0, 0.05) is 35.0 Å². The Bertz CT molecular complexity index is 1150. The van der Waals surface area contributed by atoms with Gasteiger partial charge in [-0.15, -0.1) is 23.1 Å². The Morgan fingerprint density at radius 1 is 1.36 bits per heavy atom. The summed E-state index contributed by atoms with van der Waals surface area (Å²) in [7, 11) is 1.54. The number of thioether (sulfide) groups is 1. The van der Waals surface area contributed by atoms with E-state index in [4.69, 9.17) is 4.74 Å². The number of benzene rings is 1. The van der Waals surface area contributed by atoms with E-state index < -0.39 is 17.5 Å². The normalized spacial score (nSPS) is 16.7. The number of aliphatic hydroxyl groups excluding tert-OH is 1. The Morgan fingerprint density at radius 3 is 2.83 bits per heavy atom. The van der Waals surface area contributed by atoms with E-state index in [0.717, 1.165) is 12.3 Å². The van der Waals surface area contributed by atoms with Gasteiger partial charge in [-0.05, 0) is 68.4 Å². The first kappa shape index (κ1) is 26.8.